The minimum atomic E-state index is -0.480. The van der Waals surface area contributed by atoms with Gasteiger partial charge in [-0.2, -0.15) is 5.10 Å². The SMILES string of the molecule is CC(=O)C(=NNc1ccccc1[N+](=O)[O-])N1CCCCC1.Cl. The number of hydrogen-bond acceptors (Lipinski definition) is 5. The van der Waals surface area contributed by atoms with E-state index in [1.807, 2.05) is 4.90 Å². The number of nitro groups is 1. The van der Waals surface area contributed by atoms with E-state index in [-0.39, 0.29) is 29.6 Å². The van der Waals surface area contributed by atoms with Crippen LogP contribution in [-0.2, 0) is 4.79 Å². The molecule has 1 N–H and O–H groups in total. The average molecular weight is 327 g/mol. The van der Waals surface area contributed by atoms with E-state index in [0.717, 1.165) is 32.4 Å². The number of likely N-dealkylation sites (tertiary alicyclic amines) is 1. The van der Waals surface area contributed by atoms with E-state index in [9.17, 15) is 14.9 Å². The molecule has 0 saturated carbocycles. The zero-order valence-electron chi connectivity index (χ0n) is 12.3. The third kappa shape index (κ3) is 4.42. The van der Waals surface area contributed by atoms with E-state index in [4.69, 9.17) is 0 Å². The Labute approximate surface area is 134 Å². The second-order valence-corrected chi connectivity index (χ2v) is 4.93. The Balaban J connectivity index is 0.00000242. The molecule has 7 nitrogen and oxygen atoms in total. The van der Waals surface area contributed by atoms with E-state index < -0.39 is 4.92 Å². The fourth-order valence-corrected chi connectivity index (χ4v) is 2.32. The van der Waals surface area contributed by atoms with Crippen molar-refractivity contribution in [1.29, 1.82) is 0 Å². The monoisotopic (exact) mass is 326 g/mol. The summed E-state index contributed by atoms with van der Waals surface area (Å²) in [6, 6.07) is 6.23. The molecule has 0 radical (unpaired) electrons. The van der Waals surface area contributed by atoms with Crippen LogP contribution in [0.1, 0.15) is 26.2 Å². The number of benzene rings is 1. The van der Waals surface area contributed by atoms with Crippen LogP contribution >= 0.6 is 12.4 Å². The molecule has 0 amide bonds. The van der Waals surface area contributed by atoms with Gasteiger partial charge in [0.05, 0.1) is 4.92 Å². The number of carbonyl (C=O) groups is 1. The highest BCUT2D eigenvalue weighted by Crippen LogP contribution is 2.23. The molecule has 0 aromatic heterocycles. The standard InChI is InChI=1S/C14H18N4O3.ClH/c1-11(19)14(17-9-5-2-6-10-17)16-15-12-7-3-4-8-13(12)18(20)21;/h3-4,7-8,15H,2,5-6,9-10H2,1H3;1H. The molecule has 1 fully saturated rings. The zero-order valence-corrected chi connectivity index (χ0v) is 13.1. The summed E-state index contributed by atoms with van der Waals surface area (Å²) in [5, 5.41) is 15.0. The number of nitro benzene ring substituents is 1. The summed E-state index contributed by atoms with van der Waals surface area (Å²) >= 11 is 0. The molecule has 0 bridgehead atoms. The minimum Gasteiger partial charge on any atom is -0.352 e. The maximum Gasteiger partial charge on any atom is 0.294 e. The third-order valence-electron chi connectivity index (χ3n) is 3.35. The molecule has 1 aliphatic heterocycles. The number of ketones is 1. The number of anilines is 1. The van der Waals surface area contributed by atoms with E-state index in [1.165, 1.54) is 13.0 Å². The van der Waals surface area contributed by atoms with Crippen LogP contribution in [-0.4, -0.2) is 34.5 Å². The highest BCUT2D eigenvalue weighted by molar-refractivity contribution is 6.37. The van der Waals surface area contributed by atoms with Gasteiger partial charge in [-0.3, -0.25) is 20.3 Å². The molecule has 1 aromatic carbocycles. The first kappa shape index (κ1) is 17.9. The van der Waals surface area contributed by atoms with Crippen molar-refractivity contribution in [3.8, 4) is 0 Å². The van der Waals surface area contributed by atoms with Crippen LogP contribution in [0.25, 0.3) is 0 Å². The summed E-state index contributed by atoms with van der Waals surface area (Å²) in [6.45, 7) is 3.03. The fourth-order valence-electron chi connectivity index (χ4n) is 2.32. The molecule has 1 heterocycles. The van der Waals surface area contributed by atoms with Gasteiger partial charge >= 0.3 is 0 Å². The lowest BCUT2D eigenvalue weighted by molar-refractivity contribution is -0.384. The lowest BCUT2D eigenvalue weighted by Crippen LogP contribution is -2.39. The number of nitrogens with zero attached hydrogens (tertiary/aromatic N) is 3. The molecule has 1 aromatic rings. The van der Waals surface area contributed by atoms with Gasteiger partial charge in [0.1, 0.15) is 5.69 Å². The molecule has 0 aliphatic carbocycles. The summed E-state index contributed by atoms with van der Waals surface area (Å²) in [5.74, 6) is 0.177. The number of nitrogens with one attached hydrogen (secondary N) is 1. The predicted octanol–water partition coefficient (Wildman–Crippen LogP) is 2.82. The average Bonchev–Trinajstić information content (AvgIpc) is 2.48. The van der Waals surface area contributed by atoms with E-state index in [2.05, 4.69) is 10.5 Å². The largest absolute Gasteiger partial charge is 0.352 e. The zero-order chi connectivity index (χ0) is 15.2. The van der Waals surface area contributed by atoms with Crippen LogP contribution in [0.15, 0.2) is 29.4 Å². The van der Waals surface area contributed by atoms with Crippen molar-refractivity contribution in [2.75, 3.05) is 18.5 Å². The second kappa shape index (κ2) is 8.33. The molecule has 8 heteroatoms. The van der Waals surface area contributed by atoms with Crippen molar-refractivity contribution < 1.29 is 9.72 Å². The molecule has 1 aliphatic rings. The minimum absolute atomic E-state index is 0. The number of hydrazone groups is 1. The second-order valence-electron chi connectivity index (χ2n) is 4.93. The number of amidine groups is 1. The topological polar surface area (TPSA) is 87.8 Å². The van der Waals surface area contributed by atoms with E-state index in [0.29, 0.717) is 5.84 Å². The molecule has 0 spiro atoms. The summed E-state index contributed by atoms with van der Waals surface area (Å²) in [4.78, 5) is 24.1. The molecule has 2 rings (SSSR count). The normalized spacial score (nSPS) is 15.0. The molecule has 22 heavy (non-hydrogen) atoms. The van der Waals surface area contributed by atoms with Gasteiger partial charge < -0.3 is 4.90 Å². The molecule has 0 unspecified atom stereocenters. The Hall–Kier alpha value is -2.15. The summed E-state index contributed by atoms with van der Waals surface area (Å²) in [5.41, 5.74) is 2.87. The van der Waals surface area contributed by atoms with Gasteiger partial charge in [-0.15, -0.1) is 12.4 Å². The van der Waals surface area contributed by atoms with Crippen LogP contribution in [0, 0.1) is 10.1 Å². The number of halogens is 1. The Kier molecular flexibility index (Phi) is 6.78. The van der Waals surface area contributed by atoms with Gasteiger partial charge in [0.2, 0.25) is 0 Å². The van der Waals surface area contributed by atoms with Crippen molar-refractivity contribution in [2.45, 2.75) is 26.2 Å². The molecule has 120 valence electrons. The first-order chi connectivity index (χ1) is 10.1. The fraction of sp³-hybridized carbons (Fsp3) is 0.429. The number of Topliss-reactive ketones (excluding diaryl/α,β-unsaturated/α-hetero) is 1. The lowest BCUT2D eigenvalue weighted by atomic mass is 10.1. The molecular formula is C14H19ClN4O3. The van der Waals surface area contributed by atoms with Crippen LogP contribution < -0.4 is 5.43 Å². The number of hydrogen-bond donors (Lipinski definition) is 1. The number of rotatable bonds is 4. The van der Waals surface area contributed by atoms with Crippen molar-refractivity contribution >= 4 is 35.4 Å². The van der Waals surface area contributed by atoms with Crippen LogP contribution in [0.5, 0.6) is 0 Å². The first-order valence-corrected chi connectivity index (χ1v) is 6.92. The van der Waals surface area contributed by atoms with Crippen molar-refractivity contribution in [3.63, 3.8) is 0 Å². The quantitative estimate of drug-likeness (QED) is 0.398. The van der Waals surface area contributed by atoms with E-state index >= 15 is 0 Å². The van der Waals surface area contributed by atoms with Gasteiger partial charge in [0.25, 0.3) is 5.69 Å². The predicted molar refractivity (Wildman–Crippen MR) is 87.5 cm³/mol. The van der Waals surface area contributed by atoms with Crippen molar-refractivity contribution in [1.82, 2.24) is 4.90 Å². The van der Waals surface area contributed by atoms with Gasteiger partial charge in [-0.25, -0.2) is 0 Å². The smallest absolute Gasteiger partial charge is 0.294 e. The number of para-hydroxylation sites is 2. The highest BCUT2D eigenvalue weighted by atomic mass is 35.5. The molecular weight excluding hydrogens is 308 g/mol. The first-order valence-electron chi connectivity index (χ1n) is 6.92. The van der Waals surface area contributed by atoms with E-state index in [1.54, 1.807) is 18.2 Å². The van der Waals surface area contributed by atoms with Gasteiger partial charge in [-0.1, -0.05) is 12.1 Å². The van der Waals surface area contributed by atoms with Crippen LogP contribution in [0.3, 0.4) is 0 Å². The summed E-state index contributed by atoms with van der Waals surface area (Å²) in [7, 11) is 0. The van der Waals surface area contributed by atoms with Gasteiger partial charge in [0.15, 0.2) is 11.6 Å². The summed E-state index contributed by atoms with van der Waals surface area (Å²) < 4.78 is 0. The van der Waals surface area contributed by atoms with Crippen molar-refractivity contribution in [2.24, 2.45) is 5.10 Å². The van der Waals surface area contributed by atoms with Crippen LogP contribution in [0.4, 0.5) is 11.4 Å². The number of carbonyl (C=O) groups excluding carboxylic acids is 1. The van der Waals surface area contributed by atoms with Gasteiger partial charge in [-0.05, 0) is 25.3 Å². The maximum atomic E-state index is 11.7. The molecule has 0 atom stereocenters. The Morgan fingerprint density at radius 2 is 1.91 bits per heavy atom. The summed E-state index contributed by atoms with van der Waals surface area (Å²) in [6.07, 6.45) is 3.20. The highest BCUT2D eigenvalue weighted by Gasteiger charge is 2.19. The Bertz CT molecular complexity index is 571. The van der Waals surface area contributed by atoms with Crippen LogP contribution in [0.2, 0.25) is 0 Å². The Morgan fingerprint density at radius 3 is 2.50 bits per heavy atom. The number of piperidine rings is 1. The Morgan fingerprint density at radius 1 is 1.27 bits per heavy atom. The third-order valence-corrected chi connectivity index (χ3v) is 3.35. The maximum absolute atomic E-state index is 11.7. The lowest BCUT2D eigenvalue weighted by Gasteiger charge is -2.28. The van der Waals surface area contributed by atoms with Gasteiger partial charge in [0, 0.05) is 26.1 Å². The van der Waals surface area contributed by atoms with Crippen molar-refractivity contribution in [3.05, 3.63) is 34.4 Å². The molecule has 1 saturated heterocycles.